The number of aliphatic hydroxyl groups excluding tert-OH is 4. The fourth-order valence-electron chi connectivity index (χ4n) is 1.64. The van der Waals surface area contributed by atoms with Gasteiger partial charge in [-0.05, 0) is 0 Å². The molecule has 116 valence electrons. The topological polar surface area (TPSA) is 180 Å². The molecule has 1 aliphatic heterocycles. The van der Waals surface area contributed by atoms with Gasteiger partial charge in [0.2, 0.25) is 6.29 Å². The highest BCUT2D eigenvalue weighted by Crippen LogP contribution is 2.22. The molecule has 0 aliphatic carbocycles. The minimum Gasteiger partial charge on any atom is -0.481 e. The van der Waals surface area contributed by atoms with Gasteiger partial charge < -0.3 is 40.7 Å². The molecule has 6 atom stereocenters. The quantitative estimate of drug-likeness (QED) is 0.275. The highest BCUT2D eigenvalue weighted by molar-refractivity contribution is 5.81. The van der Waals surface area contributed by atoms with E-state index in [-0.39, 0.29) is 0 Å². The van der Waals surface area contributed by atoms with Crippen molar-refractivity contribution in [3.63, 3.8) is 0 Å². The number of carboxylic acids is 1. The first kappa shape index (κ1) is 16.8. The first-order valence-electron chi connectivity index (χ1n) is 5.76. The van der Waals surface area contributed by atoms with Crippen molar-refractivity contribution in [2.24, 2.45) is 5.73 Å². The maximum Gasteiger partial charge on any atom is 0.325 e. The third-order valence-corrected chi connectivity index (χ3v) is 2.78. The molecule has 0 radical (unpaired) electrons. The molecule has 10 heteroatoms. The number of ether oxygens (including phenoxy) is 2. The van der Waals surface area contributed by atoms with Gasteiger partial charge in [-0.15, -0.1) is 0 Å². The summed E-state index contributed by atoms with van der Waals surface area (Å²) in [7, 11) is 0. The van der Waals surface area contributed by atoms with Crippen molar-refractivity contribution in [3.8, 4) is 0 Å². The van der Waals surface area contributed by atoms with Crippen LogP contribution in [0, 0.1) is 0 Å². The molecular formula is C10H17NO9. The number of carbonyl (C=O) groups excluding carboxylic acids is 1. The van der Waals surface area contributed by atoms with Crippen molar-refractivity contribution in [1.29, 1.82) is 0 Å². The zero-order chi connectivity index (χ0) is 15.4. The van der Waals surface area contributed by atoms with Gasteiger partial charge in [0.1, 0.15) is 30.5 Å². The van der Waals surface area contributed by atoms with E-state index in [1.165, 1.54) is 0 Å². The summed E-state index contributed by atoms with van der Waals surface area (Å²) in [6.45, 7) is -0.680. The SMILES string of the molecule is N[C@@H](CC(=O)O)C(=O)OC1O[C@H](CO)[C@@H](O)[C@H](O)[C@H]1O. The molecular weight excluding hydrogens is 278 g/mol. The number of nitrogens with two attached hydrogens (primary N) is 1. The van der Waals surface area contributed by atoms with Gasteiger partial charge in [0.15, 0.2) is 0 Å². The normalized spacial score (nSPS) is 35.4. The number of carboxylic acid groups (broad SMARTS) is 1. The van der Waals surface area contributed by atoms with Gasteiger partial charge in [-0.1, -0.05) is 0 Å². The largest absolute Gasteiger partial charge is 0.481 e. The van der Waals surface area contributed by atoms with Crippen molar-refractivity contribution in [2.75, 3.05) is 6.61 Å². The standard InChI is InChI=1S/C10H17NO9/c11-3(1-5(13)14)9(18)20-10-8(17)7(16)6(15)4(2-12)19-10/h3-4,6-8,10,12,15-17H,1-2,11H2,(H,13,14)/t3-,4+,6+,7-,8+,10?/m0/s1. The second-order valence-electron chi connectivity index (χ2n) is 4.34. The van der Waals surface area contributed by atoms with Gasteiger partial charge in [-0.25, -0.2) is 0 Å². The number of hydrogen-bond donors (Lipinski definition) is 6. The molecule has 1 rings (SSSR count). The molecule has 0 amide bonds. The van der Waals surface area contributed by atoms with Crippen LogP contribution in [0.5, 0.6) is 0 Å². The molecule has 0 aromatic heterocycles. The third kappa shape index (κ3) is 3.85. The Morgan fingerprint density at radius 1 is 1.20 bits per heavy atom. The number of hydrogen-bond acceptors (Lipinski definition) is 9. The maximum atomic E-state index is 11.5. The number of aliphatic hydroxyl groups is 4. The molecule has 0 aromatic carbocycles. The molecule has 0 bridgehead atoms. The van der Waals surface area contributed by atoms with Crippen LogP contribution < -0.4 is 5.73 Å². The summed E-state index contributed by atoms with van der Waals surface area (Å²) in [5.41, 5.74) is 5.26. The Bertz CT molecular complexity index is 361. The Morgan fingerprint density at radius 3 is 2.30 bits per heavy atom. The Labute approximate surface area is 113 Å². The van der Waals surface area contributed by atoms with Gasteiger partial charge in [-0.3, -0.25) is 9.59 Å². The lowest BCUT2D eigenvalue weighted by Gasteiger charge is -2.39. The summed E-state index contributed by atoms with van der Waals surface area (Å²) in [4.78, 5) is 21.9. The van der Waals surface area contributed by atoms with Crippen molar-refractivity contribution in [1.82, 2.24) is 0 Å². The van der Waals surface area contributed by atoms with Crippen molar-refractivity contribution in [3.05, 3.63) is 0 Å². The number of carbonyl (C=O) groups is 2. The Kier molecular flexibility index (Phi) is 5.80. The summed E-state index contributed by atoms with van der Waals surface area (Å²) >= 11 is 0. The van der Waals surface area contributed by atoms with Crippen LogP contribution in [-0.2, 0) is 19.1 Å². The average Bonchev–Trinajstić information content (AvgIpc) is 2.38. The molecule has 1 aliphatic rings. The molecule has 10 nitrogen and oxygen atoms in total. The number of aliphatic carboxylic acids is 1. The highest BCUT2D eigenvalue weighted by Gasteiger charge is 2.45. The maximum absolute atomic E-state index is 11.5. The summed E-state index contributed by atoms with van der Waals surface area (Å²) in [6, 6.07) is -1.47. The minimum atomic E-state index is -1.76. The van der Waals surface area contributed by atoms with Crippen LogP contribution >= 0.6 is 0 Å². The van der Waals surface area contributed by atoms with Crippen LogP contribution in [0.15, 0.2) is 0 Å². The van der Waals surface area contributed by atoms with Crippen LogP contribution in [0.1, 0.15) is 6.42 Å². The van der Waals surface area contributed by atoms with Gasteiger partial charge >= 0.3 is 11.9 Å². The van der Waals surface area contributed by atoms with Crippen molar-refractivity contribution in [2.45, 2.75) is 43.2 Å². The van der Waals surface area contributed by atoms with E-state index in [0.29, 0.717) is 0 Å². The lowest BCUT2D eigenvalue weighted by Crippen LogP contribution is -2.60. The van der Waals surface area contributed by atoms with E-state index < -0.39 is 61.7 Å². The van der Waals surface area contributed by atoms with E-state index in [1.54, 1.807) is 0 Å². The zero-order valence-electron chi connectivity index (χ0n) is 10.3. The molecule has 0 spiro atoms. The number of rotatable bonds is 5. The fourth-order valence-corrected chi connectivity index (χ4v) is 1.64. The predicted molar refractivity (Wildman–Crippen MR) is 60.1 cm³/mol. The minimum absolute atomic E-state index is 0.680. The van der Waals surface area contributed by atoms with Gasteiger partial charge in [0, 0.05) is 0 Å². The van der Waals surface area contributed by atoms with Crippen LogP contribution in [0.3, 0.4) is 0 Å². The lowest BCUT2D eigenvalue weighted by atomic mass is 9.99. The predicted octanol–water partition coefficient (Wildman–Crippen LogP) is -3.87. The second-order valence-corrected chi connectivity index (χ2v) is 4.34. The van der Waals surface area contributed by atoms with Gasteiger partial charge in [0.05, 0.1) is 13.0 Å². The smallest absolute Gasteiger partial charge is 0.325 e. The molecule has 0 saturated carbocycles. The van der Waals surface area contributed by atoms with Crippen molar-refractivity contribution < 1.29 is 44.6 Å². The van der Waals surface area contributed by atoms with Gasteiger partial charge in [-0.2, -0.15) is 0 Å². The molecule has 7 N–H and O–H groups in total. The molecule has 1 heterocycles. The van der Waals surface area contributed by atoms with E-state index in [0.717, 1.165) is 0 Å². The molecule has 1 unspecified atom stereocenters. The summed E-state index contributed by atoms with van der Waals surface area (Å²) < 4.78 is 9.54. The Hall–Kier alpha value is -1.30. The summed E-state index contributed by atoms with van der Waals surface area (Å²) in [6.07, 6.45) is -8.63. The Morgan fingerprint density at radius 2 is 1.80 bits per heavy atom. The zero-order valence-corrected chi connectivity index (χ0v) is 10.3. The summed E-state index contributed by atoms with van der Waals surface area (Å²) in [5.74, 6) is -2.47. The fraction of sp³-hybridized carbons (Fsp3) is 0.800. The van der Waals surface area contributed by atoms with E-state index >= 15 is 0 Å². The van der Waals surface area contributed by atoms with E-state index in [1.807, 2.05) is 0 Å². The molecule has 1 saturated heterocycles. The average molecular weight is 295 g/mol. The van der Waals surface area contributed by atoms with E-state index in [9.17, 15) is 24.9 Å². The number of esters is 1. The van der Waals surface area contributed by atoms with Gasteiger partial charge in [0.25, 0.3) is 0 Å². The van der Waals surface area contributed by atoms with Crippen LogP contribution in [0.2, 0.25) is 0 Å². The van der Waals surface area contributed by atoms with E-state index in [4.69, 9.17) is 20.7 Å². The Balaban J connectivity index is 2.66. The monoisotopic (exact) mass is 295 g/mol. The second kappa shape index (κ2) is 6.92. The van der Waals surface area contributed by atoms with Crippen LogP contribution in [-0.4, -0.2) is 80.8 Å². The summed E-state index contributed by atoms with van der Waals surface area (Å²) in [5, 5.41) is 45.9. The van der Waals surface area contributed by atoms with Crippen LogP contribution in [0.25, 0.3) is 0 Å². The lowest BCUT2D eigenvalue weighted by molar-refractivity contribution is -0.293. The highest BCUT2D eigenvalue weighted by atomic mass is 16.7. The molecule has 1 fully saturated rings. The first-order valence-corrected chi connectivity index (χ1v) is 5.76. The molecule has 0 aromatic rings. The third-order valence-electron chi connectivity index (χ3n) is 2.78. The molecule has 20 heavy (non-hydrogen) atoms. The van der Waals surface area contributed by atoms with Crippen LogP contribution in [0.4, 0.5) is 0 Å². The van der Waals surface area contributed by atoms with E-state index in [2.05, 4.69) is 4.74 Å². The van der Waals surface area contributed by atoms with Crippen molar-refractivity contribution >= 4 is 11.9 Å². The first-order chi connectivity index (χ1) is 9.27.